The third-order valence-corrected chi connectivity index (χ3v) is 2.46. The molecule has 1 aromatic rings. The first kappa shape index (κ1) is 14.0. The first-order valence-corrected chi connectivity index (χ1v) is 5.07. The molecule has 0 saturated heterocycles. The maximum absolute atomic E-state index is 12.8. The molecule has 0 saturated carbocycles. The summed E-state index contributed by atoms with van der Waals surface area (Å²) in [5.74, 6) is -1.11. The second kappa shape index (κ2) is 5.08. The zero-order valence-corrected chi connectivity index (χ0v) is 9.76. The predicted molar refractivity (Wildman–Crippen MR) is 56.9 cm³/mol. The molecular weight excluding hydrogens is 247 g/mol. The Hall–Kier alpha value is -2.03. The van der Waals surface area contributed by atoms with Crippen LogP contribution in [0.4, 0.5) is 13.2 Å². The lowest BCUT2D eigenvalue weighted by Crippen LogP contribution is -2.15. The molecule has 0 bridgehead atoms. The maximum atomic E-state index is 12.8. The molecule has 3 nitrogen and oxygen atoms in total. The van der Waals surface area contributed by atoms with Crippen molar-refractivity contribution in [3.8, 4) is 6.07 Å². The lowest BCUT2D eigenvalue weighted by Gasteiger charge is -2.14. The van der Waals surface area contributed by atoms with Crippen molar-refractivity contribution in [2.45, 2.75) is 19.5 Å². The fourth-order valence-electron chi connectivity index (χ4n) is 1.55. The molecule has 0 fully saturated rings. The third kappa shape index (κ3) is 2.62. The van der Waals surface area contributed by atoms with Crippen LogP contribution in [0.3, 0.4) is 0 Å². The van der Waals surface area contributed by atoms with E-state index >= 15 is 0 Å². The molecule has 0 aliphatic carbocycles. The molecule has 18 heavy (non-hydrogen) atoms. The van der Waals surface area contributed by atoms with Gasteiger partial charge in [-0.15, -0.1) is 0 Å². The minimum atomic E-state index is -4.67. The lowest BCUT2D eigenvalue weighted by molar-refractivity contribution is -0.138. The molecule has 1 rings (SSSR count). The Labute approximate surface area is 102 Å². The van der Waals surface area contributed by atoms with E-state index in [9.17, 15) is 18.0 Å². The fourth-order valence-corrected chi connectivity index (χ4v) is 1.55. The highest BCUT2D eigenvalue weighted by Gasteiger charge is 2.36. The van der Waals surface area contributed by atoms with Crippen molar-refractivity contribution in [2.24, 2.45) is 0 Å². The Morgan fingerprint density at radius 3 is 2.44 bits per heavy atom. The van der Waals surface area contributed by atoms with Crippen molar-refractivity contribution in [1.82, 2.24) is 0 Å². The second-order valence-electron chi connectivity index (χ2n) is 3.51. The van der Waals surface area contributed by atoms with Crippen LogP contribution in [0, 0.1) is 11.3 Å². The Balaban J connectivity index is 3.58. The van der Waals surface area contributed by atoms with Gasteiger partial charge in [-0.05, 0) is 24.1 Å². The number of nitrogens with zero attached hydrogens (tertiary/aromatic N) is 1. The smallest absolute Gasteiger partial charge is 0.417 e. The van der Waals surface area contributed by atoms with Gasteiger partial charge in [0.2, 0.25) is 0 Å². The SMILES string of the molecule is CCc1cc(C(F)(F)F)c(C(=O)OC)cc1C#N. The molecule has 6 heteroatoms. The minimum Gasteiger partial charge on any atom is -0.465 e. The van der Waals surface area contributed by atoms with Crippen molar-refractivity contribution < 1.29 is 22.7 Å². The summed E-state index contributed by atoms with van der Waals surface area (Å²) < 4.78 is 42.7. The molecule has 1 aromatic carbocycles. The number of carbonyl (C=O) groups excluding carboxylic acids is 1. The molecule has 0 N–H and O–H groups in total. The molecule has 0 aliphatic rings. The van der Waals surface area contributed by atoms with Gasteiger partial charge in [-0.3, -0.25) is 0 Å². The van der Waals surface area contributed by atoms with Crippen molar-refractivity contribution in [3.63, 3.8) is 0 Å². The highest BCUT2D eigenvalue weighted by atomic mass is 19.4. The largest absolute Gasteiger partial charge is 0.465 e. The Morgan fingerprint density at radius 1 is 1.44 bits per heavy atom. The van der Waals surface area contributed by atoms with Crippen molar-refractivity contribution in [3.05, 3.63) is 34.4 Å². The summed E-state index contributed by atoms with van der Waals surface area (Å²) in [6.45, 7) is 1.63. The lowest BCUT2D eigenvalue weighted by atomic mass is 9.97. The highest BCUT2D eigenvalue weighted by Crippen LogP contribution is 2.34. The number of hydrogen-bond acceptors (Lipinski definition) is 3. The average molecular weight is 257 g/mol. The second-order valence-corrected chi connectivity index (χ2v) is 3.51. The van der Waals surface area contributed by atoms with E-state index in [0.29, 0.717) is 0 Å². The Morgan fingerprint density at radius 2 is 2.06 bits per heavy atom. The number of esters is 1. The zero-order chi connectivity index (χ0) is 13.9. The summed E-state index contributed by atoms with van der Waals surface area (Å²) in [6, 6.07) is 3.52. The van der Waals surface area contributed by atoms with E-state index in [0.717, 1.165) is 19.2 Å². The number of alkyl halides is 3. The minimum absolute atomic E-state index is 0.0471. The number of hydrogen-bond donors (Lipinski definition) is 0. The predicted octanol–water partition coefficient (Wildman–Crippen LogP) is 2.93. The van der Waals surface area contributed by atoms with E-state index in [1.54, 1.807) is 13.0 Å². The normalized spacial score (nSPS) is 10.9. The van der Waals surface area contributed by atoms with Crippen LogP contribution in [0.15, 0.2) is 12.1 Å². The highest BCUT2D eigenvalue weighted by molar-refractivity contribution is 5.92. The van der Waals surface area contributed by atoms with E-state index in [1.165, 1.54) is 0 Å². The molecule has 0 aliphatic heterocycles. The molecule has 0 heterocycles. The van der Waals surface area contributed by atoms with E-state index in [-0.39, 0.29) is 17.5 Å². The third-order valence-electron chi connectivity index (χ3n) is 2.46. The Bertz CT molecular complexity index is 515. The molecule has 0 aromatic heterocycles. The molecular formula is C12H10F3NO2. The van der Waals surface area contributed by atoms with Crippen molar-refractivity contribution in [1.29, 1.82) is 5.26 Å². The number of ether oxygens (including phenoxy) is 1. The standard InChI is InChI=1S/C12H10F3NO2/c1-3-7-5-10(12(13,14)15)9(11(17)18-2)4-8(7)6-16/h4-5H,3H2,1-2H3. The summed E-state index contributed by atoms with van der Waals surface area (Å²) in [6.07, 6.45) is -4.39. The van der Waals surface area contributed by atoms with E-state index in [2.05, 4.69) is 4.74 Å². The van der Waals surface area contributed by atoms with Crippen LogP contribution in [0.5, 0.6) is 0 Å². The molecule has 96 valence electrons. The van der Waals surface area contributed by atoms with Gasteiger partial charge in [0.1, 0.15) is 0 Å². The van der Waals surface area contributed by atoms with Crippen molar-refractivity contribution >= 4 is 5.97 Å². The quantitative estimate of drug-likeness (QED) is 0.765. The first-order valence-electron chi connectivity index (χ1n) is 5.07. The monoisotopic (exact) mass is 257 g/mol. The summed E-state index contributed by atoms with van der Waals surface area (Å²) in [5, 5.41) is 8.84. The first-order chi connectivity index (χ1) is 8.35. The number of methoxy groups -OCH3 is 1. The van der Waals surface area contributed by atoms with Crippen LogP contribution in [0.25, 0.3) is 0 Å². The summed E-state index contributed by atoms with van der Waals surface area (Å²) in [5.41, 5.74) is -1.42. The summed E-state index contributed by atoms with van der Waals surface area (Å²) in [4.78, 5) is 11.3. The van der Waals surface area contributed by atoms with Crippen LogP contribution in [-0.2, 0) is 17.3 Å². The number of benzene rings is 1. The number of aryl methyl sites for hydroxylation is 1. The number of halogens is 3. The molecule has 0 unspecified atom stereocenters. The van der Waals surface area contributed by atoms with Gasteiger partial charge in [0.05, 0.1) is 29.9 Å². The van der Waals surface area contributed by atoms with Gasteiger partial charge in [-0.2, -0.15) is 18.4 Å². The van der Waals surface area contributed by atoms with E-state index < -0.39 is 23.3 Å². The summed E-state index contributed by atoms with van der Waals surface area (Å²) in [7, 11) is 0.988. The van der Waals surface area contributed by atoms with Gasteiger partial charge in [0, 0.05) is 0 Å². The van der Waals surface area contributed by atoms with Crippen LogP contribution >= 0.6 is 0 Å². The van der Waals surface area contributed by atoms with Gasteiger partial charge in [0.15, 0.2) is 0 Å². The molecule has 0 amide bonds. The van der Waals surface area contributed by atoms with Gasteiger partial charge < -0.3 is 4.74 Å². The number of carbonyl (C=O) groups is 1. The molecule has 0 atom stereocenters. The van der Waals surface area contributed by atoms with Crippen LogP contribution in [0.2, 0.25) is 0 Å². The van der Waals surface area contributed by atoms with Gasteiger partial charge >= 0.3 is 12.1 Å². The van der Waals surface area contributed by atoms with Gasteiger partial charge in [-0.1, -0.05) is 6.92 Å². The summed E-state index contributed by atoms with van der Waals surface area (Å²) >= 11 is 0. The van der Waals surface area contributed by atoms with E-state index in [1.807, 2.05) is 0 Å². The van der Waals surface area contributed by atoms with E-state index in [4.69, 9.17) is 5.26 Å². The zero-order valence-electron chi connectivity index (χ0n) is 9.76. The fraction of sp³-hybridized carbons (Fsp3) is 0.333. The maximum Gasteiger partial charge on any atom is 0.417 e. The van der Waals surface area contributed by atoms with Gasteiger partial charge in [-0.25, -0.2) is 4.79 Å². The Kier molecular flexibility index (Phi) is 3.96. The molecule has 0 spiro atoms. The number of rotatable bonds is 2. The topological polar surface area (TPSA) is 50.1 Å². The van der Waals surface area contributed by atoms with Crippen LogP contribution in [0.1, 0.15) is 34.0 Å². The average Bonchev–Trinajstić information content (AvgIpc) is 2.34. The van der Waals surface area contributed by atoms with Crippen LogP contribution in [-0.4, -0.2) is 13.1 Å². The van der Waals surface area contributed by atoms with Gasteiger partial charge in [0.25, 0.3) is 0 Å². The van der Waals surface area contributed by atoms with Crippen LogP contribution < -0.4 is 0 Å². The molecule has 0 radical (unpaired) electrons. The van der Waals surface area contributed by atoms with Crippen molar-refractivity contribution in [2.75, 3.05) is 7.11 Å². The number of nitriles is 1.